The Labute approximate surface area is 45.8 Å². The Morgan fingerprint density at radius 2 is 2.12 bits per heavy atom. The molecule has 0 aliphatic carbocycles. The van der Waals surface area contributed by atoms with E-state index < -0.39 is 0 Å². The Morgan fingerprint density at radius 1 is 1.38 bits per heavy atom. The fourth-order valence-electron chi connectivity index (χ4n) is 0.127. The molecule has 0 rings (SSSR count). The zero-order chi connectivity index (χ0) is 6.24. The van der Waals surface area contributed by atoms with Crippen LogP contribution in [-0.4, -0.2) is 5.94 Å². The van der Waals surface area contributed by atoms with Crippen LogP contribution in [0.2, 0.25) is 0 Å². The molecular formula is C6HO2+. The molecule has 0 aliphatic heterocycles. The van der Waals surface area contributed by atoms with Gasteiger partial charge in [-0.1, -0.05) is 0 Å². The van der Waals surface area contributed by atoms with Gasteiger partial charge in [0.15, 0.2) is 0 Å². The monoisotopic (exact) mass is 105 g/mol. The molecule has 0 bridgehead atoms. The van der Waals surface area contributed by atoms with Crippen molar-refractivity contribution in [1.29, 1.82) is 0 Å². The third kappa shape index (κ3) is 4.53. The summed E-state index contributed by atoms with van der Waals surface area (Å²) in [5.41, 5.74) is 6.16. The maximum atomic E-state index is 9.36. The Morgan fingerprint density at radius 3 is 2.62 bits per heavy atom. The predicted molar refractivity (Wildman–Crippen MR) is 25.4 cm³/mol. The van der Waals surface area contributed by atoms with E-state index in [4.69, 9.17) is 0 Å². The SMILES string of the molecule is O=C=C=C=C=CC#[O+]. The summed E-state index contributed by atoms with van der Waals surface area (Å²) in [6.07, 6.45) is 2.36. The van der Waals surface area contributed by atoms with Gasteiger partial charge in [0.2, 0.25) is 0 Å². The molecule has 0 atom stereocenters. The van der Waals surface area contributed by atoms with E-state index in [0.717, 1.165) is 6.08 Å². The van der Waals surface area contributed by atoms with Gasteiger partial charge >= 0.3 is 44.8 Å². The van der Waals surface area contributed by atoms with Crippen LogP contribution in [0.3, 0.4) is 0 Å². The van der Waals surface area contributed by atoms with E-state index in [1.807, 2.05) is 5.73 Å². The Hall–Kier alpha value is -1.47. The molecule has 36 valence electrons. The summed E-state index contributed by atoms with van der Waals surface area (Å²) in [5, 5.41) is 0. The van der Waals surface area contributed by atoms with E-state index >= 15 is 0 Å². The number of hydrogen-bond donors (Lipinski definition) is 0. The summed E-state index contributed by atoms with van der Waals surface area (Å²) < 4.78 is 9.36. The molecule has 0 fully saturated rings. The summed E-state index contributed by atoms with van der Waals surface area (Å²) in [6, 6.07) is 0. The summed E-state index contributed by atoms with van der Waals surface area (Å²) >= 11 is 0. The Bertz CT molecular complexity index is 245. The number of hydrogen-bond acceptors (Lipinski definition) is 1. The van der Waals surface area contributed by atoms with Crippen LogP contribution in [-0.2, 0) is 9.45 Å². The van der Waals surface area contributed by atoms with E-state index in [1.54, 1.807) is 0 Å². The first-order valence-electron chi connectivity index (χ1n) is 1.74. The molecule has 0 aromatic rings. The first-order chi connectivity index (χ1) is 3.91. The van der Waals surface area contributed by atoms with Crippen molar-refractivity contribution in [1.82, 2.24) is 0 Å². The van der Waals surface area contributed by atoms with E-state index in [9.17, 15) is 9.45 Å². The third-order valence-corrected chi connectivity index (χ3v) is 0.317. The minimum absolute atomic E-state index is 0.949. The van der Waals surface area contributed by atoms with Crippen LogP contribution in [0.1, 0.15) is 0 Å². The third-order valence-electron chi connectivity index (χ3n) is 0.317. The van der Waals surface area contributed by atoms with Crippen molar-refractivity contribution in [2.45, 2.75) is 0 Å². The van der Waals surface area contributed by atoms with E-state index in [1.165, 1.54) is 12.1 Å². The van der Waals surface area contributed by atoms with Gasteiger partial charge in [-0.25, -0.2) is 0 Å². The topological polar surface area (TPSA) is 37.0 Å². The minimum atomic E-state index is 0.949. The second kappa shape index (κ2) is 5.53. The van der Waals surface area contributed by atoms with Gasteiger partial charge in [-0.15, -0.1) is 0 Å². The quantitative estimate of drug-likeness (QED) is 0.247. The first-order valence-corrected chi connectivity index (χ1v) is 1.74. The van der Waals surface area contributed by atoms with Gasteiger partial charge in [-0.3, -0.25) is 0 Å². The zero-order valence-electron chi connectivity index (χ0n) is 3.89. The average molecular weight is 105 g/mol. The van der Waals surface area contributed by atoms with E-state index in [2.05, 4.69) is 11.5 Å². The van der Waals surface area contributed by atoms with Crippen molar-refractivity contribution in [3.8, 4) is 6.15 Å². The van der Waals surface area contributed by atoms with Crippen molar-refractivity contribution in [3.63, 3.8) is 0 Å². The number of rotatable bonds is 0. The van der Waals surface area contributed by atoms with Crippen LogP contribution >= 0.6 is 0 Å². The van der Waals surface area contributed by atoms with Crippen LogP contribution in [0.25, 0.3) is 0 Å². The summed E-state index contributed by atoms with van der Waals surface area (Å²) in [7, 11) is 0. The van der Waals surface area contributed by atoms with Gasteiger partial charge in [0.05, 0.1) is 0 Å². The van der Waals surface area contributed by atoms with Crippen molar-refractivity contribution in [3.05, 3.63) is 23.3 Å². The Balaban J connectivity index is 4.55. The fraction of sp³-hybridized carbons (Fsp3) is 0. The first kappa shape index (κ1) is 6.53. The molecule has 0 saturated heterocycles. The molecule has 0 spiro atoms. The fourth-order valence-corrected chi connectivity index (χ4v) is 0.127. The number of allylic oxidation sites excluding steroid dienone is 1. The molecule has 0 radical (unpaired) electrons. The summed E-state index contributed by atoms with van der Waals surface area (Å²) in [4.78, 5) is 9.32. The van der Waals surface area contributed by atoms with Crippen LogP contribution in [0, 0.1) is 6.15 Å². The summed E-state index contributed by atoms with van der Waals surface area (Å²) in [5.74, 6) is 1.30. The van der Waals surface area contributed by atoms with Gasteiger partial charge in [-0.05, 0) is 0 Å². The molecule has 0 N–H and O–H groups in total. The standard InChI is InChI=1S/C6HO2/c7-5-3-1-2-4-6-8/h3H/q+1. The average Bonchev–Trinajstić information content (AvgIpc) is 1.81. The predicted octanol–water partition coefficient (Wildman–Crippen LogP) is 0.229. The Kier molecular flexibility index (Phi) is 4.51. The van der Waals surface area contributed by atoms with Gasteiger partial charge in [-0.2, -0.15) is 0 Å². The van der Waals surface area contributed by atoms with Gasteiger partial charge in [0.1, 0.15) is 0 Å². The molecule has 0 aromatic carbocycles. The molecule has 2 heteroatoms. The second-order valence-corrected chi connectivity index (χ2v) is 0.759. The van der Waals surface area contributed by atoms with Crippen molar-refractivity contribution in [2.75, 3.05) is 0 Å². The van der Waals surface area contributed by atoms with E-state index in [-0.39, 0.29) is 0 Å². The van der Waals surface area contributed by atoms with Gasteiger partial charge in [0, 0.05) is 0 Å². The zero-order valence-corrected chi connectivity index (χ0v) is 3.89. The van der Waals surface area contributed by atoms with Crippen molar-refractivity contribution in [2.24, 2.45) is 0 Å². The molecule has 0 aliphatic rings. The van der Waals surface area contributed by atoms with Crippen molar-refractivity contribution < 1.29 is 9.45 Å². The summed E-state index contributed by atoms with van der Waals surface area (Å²) in [6.45, 7) is 0. The molecule has 0 saturated carbocycles. The van der Waals surface area contributed by atoms with E-state index in [0.29, 0.717) is 0 Å². The van der Waals surface area contributed by atoms with Crippen molar-refractivity contribution >= 4 is 5.94 Å². The molecular weight excluding hydrogens is 104 g/mol. The second-order valence-electron chi connectivity index (χ2n) is 0.759. The van der Waals surface area contributed by atoms with Gasteiger partial charge < -0.3 is 0 Å². The molecule has 0 amide bonds. The molecule has 0 aromatic heterocycles. The van der Waals surface area contributed by atoms with Gasteiger partial charge in [0.25, 0.3) is 0 Å². The molecule has 0 heterocycles. The van der Waals surface area contributed by atoms with Crippen LogP contribution in [0.15, 0.2) is 23.3 Å². The van der Waals surface area contributed by atoms with Crippen LogP contribution in [0.5, 0.6) is 0 Å². The normalized spacial score (nSPS) is 3.88. The molecule has 0 unspecified atom stereocenters. The number of carbonyl (C=O) groups excluding carboxylic acids is 1. The maximum absolute atomic E-state index is 9.36. The van der Waals surface area contributed by atoms with Crippen LogP contribution < -0.4 is 0 Å². The molecule has 2 nitrogen and oxygen atoms in total. The van der Waals surface area contributed by atoms with Crippen LogP contribution in [0.4, 0.5) is 0 Å². The molecule has 8 heavy (non-hydrogen) atoms.